The maximum absolute atomic E-state index is 13.5. The lowest BCUT2D eigenvalue weighted by Gasteiger charge is -2.12. The molecule has 0 fully saturated rings. The lowest BCUT2D eigenvalue weighted by molar-refractivity contribution is 0.219. The van der Waals surface area contributed by atoms with E-state index in [9.17, 15) is 13.6 Å². The number of nitrogens with zero attached hydrogens (tertiary/aromatic N) is 2. The minimum Gasteiger partial charge on any atom is -0.494 e. The van der Waals surface area contributed by atoms with Crippen LogP contribution >= 0.6 is 0 Å². The van der Waals surface area contributed by atoms with Gasteiger partial charge in [-0.2, -0.15) is 5.10 Å². The zero-order valence-corrected chi connectivity index (χ0v) is 12.9. The van der Waals surface area contributed by atoms with Crippen molar-refractivity contribution in [3.8, 4) is 5.75 Å². The first-order chi connectivity index (χ1) is 11.6. The summed E-state index contributed by atoms with van der Waals surface area (Å²) in [6, 6.07) is 9.59. The van der Waals surface area contributed by atoms with Gasteiger partial charge in [0.2, 0.25) is 0 Å². The van der Waals surface area contributed by atoms with Crippen LogP contribution in [0.25, 0.3) is 0 Å². The summed E-state index contributed by atoms with van der Waals surface area (Å²) < 4.78 is 31.6. The number of amides is 2. The van der Waals surface area contributed by atoms with Crippen molar-refractivity contribution in [3.05, 3.63) is 59.7 Å². The molecule has 1 heterocycles. The van der Waals surface area contributed by atoms with Gasteiger partial charge in [0.1, 0.15) is 5.82 Å². The fourth-order valence-electron chi connectivity index (χ4n) is 2.40. The molecule has 0 aliphatic carbocycles. The molecule has 2 amide bonds. The van der Waals surface area contributed by atoms with Crippen LogP contribution in [0.3, 0.4) is 0 Å². The van der Waals surface area contributed by atoms with Crippen molar-refractivity contribution in [3.63, 3.8) is 0 Å². The van der Waals surface area contributed by atoms with Gasteiger partial charge >= 0.3 is 6.03 Å². The van der Waals surface area contributed by atoms with E-state index in [4.69, 9.17) is 4.74 Å². The van der Waals surface area contributed by atoms with Crippen molar-refractivity contribution in [1.82, 2.24) is 5.01 Å². The first-order valence-electron chi connectivity index (χ1n) is 7.32. The molecule has 0 saturated heterocycles. The quantitative estimate of drug-likeness (QED) is 0.934. The lowest BCUT2D eigenvalue weighted by Crippen LogP contribution is -2.28. The largest absolute Gasteiger partial charge is 0.494 e. The molecule has 0 spiro atoms. The Bertz CT molecular complexity index is 808. The van der Waals surface area contributed by atoms with Crippen molar-refractivity contribution in [2.45, 2.75) is 6.42 Å². The highest BCUT2D eigenvalue weighted by Crippen LogP contribution is 2.22. The number of carbonyl (C=O) groups is 1. The smallest absolute Gasteiger partial charge is 0.342 e. The van der Waals surface area contributed by atoms with Crippen LogP contribution in [0.5, 0.6) is 5.75 Å². The van der Waals surface area contributed by atoms with Gasteiger partial charge in [0, 0.05) is 17.7 Å². The van der Waals surface area contributed by atoms with Gasteiger partial charge in [0.15, 0.2) is 11.6 Å². The van der Waals surface area contributed by atoms with E-state index >= 15 is 0 Å². The molecule has 1 N–H and O–H groups in total. The molecule has 2 aromatic rings. The fourth-order valence-corrected chi connectivity index (χ4v) is 2.40. The maximum Gasteiger partial charge on any atom is 0.342 e. The van der Waals surface area contributed by atoms with Gasteiger partial charge < -0.3 is 10.1 Å². The standard InChI is InChI=1S/C17H15F2N3O2/c1-24-16-9-11(5-6-14(16)19)15-7-8-22(21-15)17(23)20-13-4-2-3-12(18)10-13/h2-6,9-10H,7-8H2,1H3,(H,20,23). The number of carbonyl (C=O) groups excluding carboxylic acids is 1. The van der Waals surface area contributed by atoms with Crippen LogP contribution in [0.1, 0.15) is 12.0 Å². The predicted octanol–water partition coefficient (Wildman–Crippen LogP) is 3.62. The van der Waals surface area contributed by atoms with Crippen LogP contribution in [0, 0.1) is 11.6 Å². The summed E-state index contributed by atoms with van der Waals surface area (Å²) in [5.41, 5.74) is 1.70. The van der Waals surface area contributed by atoms with Crippen LogP contribution in [0.2, 0.25) is 0 Å². The van der Waals surface area contributed by atoms with Crippen molar-refractivity contribution in [2.75, 3.05) is 19.0 Å². The van der Waals surface area contributed by atoms with Crippen LogP contribution < -0.4 is 10.1 Å². The zero-order valence-electron chi connectivity index (χ0n) is 12.9. The van der Waals surface area contributed by atoms with Gasteiger partial charge in [0.05, 0.1) is 19.4 Å². The minimum absolute atomic E-state index is 0.123. The van der Waals surface area contributed by atoms with Gasteiger partial charge in [-0.1, -0.05) is 6.07 Å². The normalized spacial score (nSPS) is 13.6. The zero-order chi connectivity index (χ0) is 17.1. The summed E-state index contributed by atoms with van der Waals surface area (Å²) in [6.07, 6.45) is 0.533. The number of anilines is 1. The number of benzene rings is 2. The number of hydrogen-bond acceptors (Lipinski definition) is 3. The Kier molecular flexibility index (Phi) is 4.41. The van der Waals surface area contributed by atoms with Gasteiger partial charge in [-0.05, 0) is 36.4 Å². The van der Waals surface area contributed by atoms with Gasteiger partial charge in [-0.25, -0.2) is 18.6 Å². The molecule has 1 aliphatic heterocycles. The first-order valence-corrected chi connectivity index (χ1v) is 7.32. The fraction of sp³-hybridized carbons (Fsp3) is 0.176. The Morgan fingerprint density at radius 1 is 1.25 bits per heavy atom. The molecule has 0 bridgehead atoms. The molecular weight excluding hydrogens is 316 g/mol. The van der Waals surface area contributed by atoms with Gasteiger partial charge in [0.25, 0.3) is 0 Å². The second-order valence-electron chi connectivity index (χ2n) is 5.21. The van der Waals surface area contributed by atoms with Crippen molar-refractivity contribution < 1.29 is 18.3 Å². The molecule has 1 aliphatic rings. The molecule has 0 radical (unpaired) electrons. The molecule has 0 atom stereocenters. The minimum atomic E-state index is -0.458. The number of urea groups is 1. The van der Waals surface area contributed by atoms with E-state index < -0.39 is 17.7 Å². The highest BCUT2D eigenvalue weighted by Gasteiger charge is 2.22. The Morgan fingerprint density at radius 3 is 2.83 bits per heavy atom. The first kappa shape index (κ1) is 15.9. The Hall–Kier alpha value is -2.96. The number of methoxy groups -OCH3 is 1. The summed E-state index contributed by atoms with van der Waals surface area (Å²) >= 11 is 0. The summed E-state index contributed by atoms with van der Waals surface area (Å²) in [7, 11) is 1.39. The number of nitrogens with one attached hydrogen (secondary N) is 1. The van der Waals surface area contributed by atoms with Crippen molar-refractivity contribution in [1.29, 1.82) is 0 Å². The van der Waals surface area contributed by atoms with E-state index in [-0.39, 0.29) is 5.75 Å². The Morgan fingerprint density at radius 2 is 2.08 bits per heavy atom. The number of hydrogen-bond donors (Lipinski definition) is 1. The number of rotatable bonds is 3. The maximum atomic E-state index is 13.5. The third-order valence-corrected chi connectivity index (χ3v) is 3.60. The number of hydrazone groups is 1. The van der Waals surface area contributed by atoms with Crippen LogP contribution in [-0.2, 0) is 0 Å². The summed E-state index contributed by atoms with van der Waals surface area (Å²) in [5, 5.41) is 8.09. The highest BCUT2D eigenvalue weighted by atomic mass is 19.1. The average molecular weight is 331 g/mol. The molecule has 124 valence electrons. The third kappa shape index (κ3) is 3.34. The summed E-state index contributed by atoms with van der Waals surface area (Å²) in [6.45, 7) is 0.385. The Balaban J connectivity index is 1.74. The molecule has 0 unspecified atom stereocenters. The van der Waals surface area contributed by atoms with Crippen molar-refractivity contribution >= 4 is 17.4 Å². The molecule has 24 heavy (non-hydrogen) atoms. The summed E-state index contributed by atoms with van der Waals surface area (Å²) in [5.74, 6) is -0.768. The lowest BCUT2D eigenvalue weighted by atomic mass is 10.1. The molecule has 2 aromatic carbocycles. The highest BCUT2D eigenvalue weighted by molar-refractivity contribution is 6.03. The van der Waals surface area contributed by atoms with Gasteiger partial charge in [-0.3, -0.25) is 0 Å². The monoisotopic (exact) mass is 331 g/mol. The number of halogens is 2. The van der Waals surface area contributed by atoms with E-state index in [1.807, 2.05) is 0 Å². The molecular formula is C17H15F2N3O2. The molecule has 0 saturated carbocycles. The van der Waals surface area contributed by atoms with E-state index in [0.29, 0.717) is 29.9 Å². The molecule has 7 heteroatoms. The SMILES string of the molecule is COc1cc(C2=NN(C(=O)Nc3cccc(F)c3)CC2)ccc1F. The second-order valence-corrected chi connectivity index (χ2v) is 5.21. The third-order valence-electron chi connectivity index (χ3n) is 3.60. The van der Waals surface area contributed by atoms with Crippen LogP contribution in [0.15, 0.2) is 47.6 Å². The number of ether oxygens (including phenoxy) is 1. The van der Waals surface area contributed by atoms with E-state index in [1.54, 1.807) is 18.2 Å². The predicted molar refractivity (Wildman–Crippen MR) is 86.2 cm³/mol. The summed E-state index contributed by atoms with van der Waals surface area (Å²) in [4.78, 5) is 12.2. The topological polar surface area (TPSA) is 53.9 Å². The molecule has 3 rings (SSSR count). The molecule has 0 aromatic heterocycles. The van der Waals surface area contributed by atoms with Crippen molar-refractivity contribution in [2.24, 2.45) is 5.10 Å². The van der Waals surface area contributed by atoms with Crippen LogP contribution in [-0.4, -0.2) is 30.4 Å². The second kappa shape index (κ2) is 6.66. The Labute approximate surface area is 137 Å². The van der Waals surface area contributed by atoms with E-state index in [1.165, 1.54) is 36.4 Å². The average Bonchev–Trinajstić information content (AvgIpc) is 3.05. The van der Waals surface area contributed by atoms with E-state index in [2.05, 4.69) is 10.4 Å². The van der Waals surface area contributed by atoms with Crippen LogP contribution in [0.4, 0.5) is 19.3 Å². The molecule has 5 nitrogen and oxygen atoms in total. The van der Waals surface area contributed by atoms with Gasteiger partial charge in [-0.15, -0.1) is 0 Å². The van der Waals surface area contributed by atoms with E-state index in [0.717, 1.165) is 0 Å².